The van der Waals surface area contributed by atoms with Gasteiger partial charge in [-0.2, -0.15) is 0 Å². The first kappa shape index (κ1) is 8.55. The van der Waals surface area contributed by atoms with Gasteiger partial charge in [-0.05, 0) is 44.2 Å². The molecule has 0 saturated carbocycles. The van der Waals surface area contributed by atoms with Crippen LogP contribution in [0.1, 0.15) is 37.3 Å². The second-order valence-corrected chi connectivity index (χ2v) is 3.98. The van der Waals surface area contributed by atoms with Crippen molar-refractivity contribution < 1.29 is 0 Å². The second kappa shape index (κ2) is 3.37. The number of benzene rings is 1. The lowest BCUT2D eigenvalue weighted by Crippen LogP contribution is -1.82. The van der Waals surface area contributed by atoms with Crippen molar-refractivity contribution in [3.8, 4) is 0 Å². The molecule has 0 fully saturated rings. The Labute approximate surface area is 80.3 Å². The minimum Gasteiger partial charge on any atom is -0.0695 e. The molecule has 1 aromatic carbocycles. The maximum absolute atomic E-state index is 2.27. The summed E-state index contributed by atoms with van der Waals surface area (Å²) in [5, 5.41) is 0. The van der Waals surface area contributed by atoms with E-state index in [9.17, 15) is 0 Å². The van der Waals surface area contributed by atoms with Crippen molar-refractivity contribution in [2.45, 2.75) is 33.1 Å². The van der Waals surface area contributed by atoms with E-state index in [1.54, 1.807) is 11.1 Å². The molecule has 0 heterocycles. The third kappa shape index (κ3) is 1.67. The van der Waals surface area contributed by atoms with Crippen LogP contribution in [0.4, 0.5) is 0 Å². The lowest BCUT2D eigenvalue weighted by molar-refractivity contribution is 0.910. The Kier molecular flexibility index (Phi) is 2.22. The molecule has 13 heavy (non-hydrogen) atoms. The van der Waals surface area contributed by atoms with E-state index in [1.807, 2.05) is 0 Å². The van der Waals surface area contributed by atoms with Crippen molar-refractivity contribution in [2.75, 3.05) is 0 Å². The second-order valence-electron chi connectivity index (χ2n) is 3.98. The summed E-state index contributed by atoms with van der Waals surface area (Å²) in [6.45, 7) is 4.40. The van der Waals surface area contributed by atoms with Gasteiger partial charge in [0.15, 0.2) is 0 Å². The summed E-state index contributed by atoms with van der Waals surface area (Å²) in [6.07, 6.45) is 3.91. The van der Waals surface area contributed by atoms with Crippen molar-refractivity contribution in [2.24, 2.45) is 0 Å². The maximum atomic E-state index is 2.27. The van der Waals surface area contributed by atoms with Gasteiger partial charge in [0.25, 0.3) is 0 Å². The molecule has 0 nitrogen and oxygen atoms in total. The smallest absolute Gasteiger partial charge is 0.0225 e. The molecule has 0 radical (unpaired) electrons. The van der Waals surface area contributed by atoms with Gasteiger partial charge in [-0.15, -0.1) is 0 Å². The number of rotatable bonds is 1. The molecule has 1 aliphatic carbocycles. The maximum Gasteiger partial charge on any atom is -0.0225 e. The molecule has 0 aromatic heterocycles. The van der Waals surface area contributed by atoms with Crippen LogP contribution in [0.2, 0.25) is 0 Å². The predicted octanol–water partition coefficient (Wildman–Crippen LogP) is 3.95. The Morgan fingerprint density at radius 2 is 1.62 bits per heavy atom. The summed E-state index contributed by atoms with van der Waals surface area (Å²) >= 11 is 0. The summed E-state index contributed by atoms with van der Waals surface area (Å²) in [6, 6.07) is 8.90. The van der Waals surface area contributed by atoms with Crippen molar-refractivity contribution >= 4 is 5.57 Å². The first-order valence-electron chi connectivity index (χ1n) is 5.03. The highest BCUT2D eigenvalue weighted by molar-refractivity contribution is 5.70. The molecule has 0 spiro atoms. The first-order chi connectivity index (χ1) is 6.27. The summed E-state index contributed by atoms with van der Waals surface area (Å²) in [7, 11) is 0. The zero-order valence-electron chi connectivity index (χ0n) is 8.43. The normalized spacial score (nSPS) is 16.8. The largest absolute Gasteiger partial charge is 0.0695 e. The van der Waals surface area contributed by atoms with E-state index in [1.165, 1.54) is 30.4 Å². The van der Waals surface area contributed by atoms with Gasteiger partial charge < -0.3 is 0 Å². The lowest BCUT2D eigenvalue weighted by atomic mass is 10.0. The van der Waals surface area contributed by atoms with E-state index in [0.29, 0.717) is 0 Å². The molecule has 0 atom stereocenters. The molecule has 0 aliphatic heterocycles. The fraction of sp³-hybridized carbons (Fsp3) is 0.385. The van der Waals surface area contributed by atoms with E-state index in [4.69, 9.17) is 0 Å². The molecule has 1 aliphatic rings. The van der Waals surface area contributed by atoms with Crippen LogP contribution in [0.15, 0.2) is 29.8 Å². The van der Waals surface area contributed by atoms with Crippen LogP contribution < -0.4 is 0 Å². The van der Waals surface area contributed by atoms with Gasteiger partial charge in [0.05, 0.1) is 0 Å². The molecule has 2 rings (SSSR count). The monoisotopic (exact) mass is 172 g/mol. The Hall–Kier alpha value is -1.04. The summed E-state index contributed by atoms with van der Waals surface area (Å²) in [5.41, 5.74) is 5.95. The van der Waals surface area contributed by atoms with E-state index in [2.05, 4.69) is 38.1 Å². The zero-order valence-corrected chi connectivity index (χ0v) is 8.43. The minimum atomic E-state index is 1.27. The van der Waals surface area contributed by atoms with Gasteiger partial charge >= 0.3 is 0 Å². The predicted molar refractivity (Wildman–Crippen MR) is 57.6 cm³/mol. The van der Waals surface area contributed by atoms with Gasteiger partial charge in [0, 0.05) is 0 Å². The van der Waals surface area contributed by atoms with Crippen LogP contribution in [0.3, 0.4) is 0 Å². The van der Waals surface area contributed by atoms with Crippen LogP contribution in [-0.2, 0) is 0 Å². The molecule has 0 bridgehead atoms. The third-order valence-electron chi connectivity index (χ3n) is 2.89. The van der Waals surface area contributed by atoms with Crippen LogP contribution >= 0.6 is 0 Å². The number of hydrogen-bond acceptors (Lipinski definition) is 0. The molecule has 68 valence electrons. The Bertz CT molecular complexity index is 328. The summed E-state index contributed by atoms with van der Waals surface area (Å²) in [5.74, 6) is 0. The van der Waals surface area contributed by atoms with Gasteiger partial charge in [0.1, 0.15) is 0 Å². The molecule has 0 amide bonds. The quantitative estimate of drug-likeness (QED) is 0.601. The summed E-state index contributed by atoms with van der Waals surface area (Å²) < 4.78 is 0. The summed E-state index contributed by atoms with van der Waals surface area (Å²) in [4.78, 5) is 0. The van der Waals surface area contributed by atoms with Crippen LogP contribution in [0.25, 0.3) is 5.57 Å². The highest BCUT2D eigenvalue weighted by atomic mass is 14.2. The lowest BCUT2D eigenvalue weighted by Gasteiger charge is -2.04. The molecular formula is C13H16. The van der Waals surface area contributed by atoms with E-state index < -0.39 is 0 Å². The number of hydrogen-bond donors (Lipinski definition) is 0. The standard InChI is InChI=1S/C13H16/c1-10-6-8-12(9-7-10)13-5-3-4-11(13)2/h6-9H,3-5H2,1-2H3. The highest BCUT2D eigenvalue weighted by Gasteiger charge is 2.11. The topological polar surface area (TPSA) is 0 Å². The number of aryl methyl sites for hydroxylation is 1. The van der Waals surface area contributed by atoms with Crippen molar-refractivity contribution in [3.63, 3.8) is 0 Å². The molecule has 1 aromatic rings. The van der Waals surface area contributed by atoms with Gasteiger partial charge in [0.2, 0.25) is 0 Å². The SMILES string of the molecule is CC1=C(c2ccc(C)cc2)CCC1. The fourth-order valence-corrected chi connectivity index (χ4v) is 2.04. The van der Waals surface area contributed by atoms with Crippen LogP contribution in [0, 0.1) is 6.92 Å². The van der Waals surface area contributed by atoms with Gasteiger partial charge in [-0.3, -0.25) is 0 Å². The van der Waals surface area contributed by atoms with Crippen LogP contribution in [0.5, 0.6) is 0 Å². The Morgan fingerprint density at radius 3 is 2.15 bits per heavy atom. The molecule has 0 N–H and O–H groups in total. The van der Waals surface area contributed by atoms with Gasteiger partial charge in [-0.1, -0.05) is 35.4 Å². The van der Waals surface area contributed by atoms with Crippen LogP contribution in [-0.4, -0.2) is 0 Å². The van der Waals surface area contributed by atoms with Crippen molar-refractivity contribution in [1.29, 1.82) is 0 Å². The number of allylic oxidation sites excluding steroid dienone is 2. The molecule has 0 heteroatoms. The minimum absolute atomic E-state index is 1.27. The third-order valence-corrected chi connectivity index (χ3v) is 2.89. The Balaban J connectivity index is 2.36. The van der Waals surface area contributed by atoms with Crippen molar-refractivity contribution in [3.05, 3.63) is 41.0 Å². The average molecular weight is 172 g/mol. The molecule has 0 unspecified atom stereocenters. The van der Waals surface area contributed by atoms with E-state index >= 15 is 0 Å². The van der Waals surface area contributed by atoms with Crippen molar-refractivity contribution in [1.82, 2.24) is 0 Å². The molecular weight excluding hydrogens is 156 g/mol. The fourth-order valence-electron chi connectivity index (χ4n) is 2.04. The first-order valence-corrected chi connectivity index (χ1v) is 5.03. The van der Waals surface area contributed by atoms with E-state index in [0.717, 1.165) is 0 Å². The average Bonchev–Trinajstić information content (AvgIpc) is 2.53. The van der Waals surface area contributed by atoms with Gasteiger partial charge in [-0.25, -0.2) is 0 Å². The highest BCUT2D eigenvalue weighted by Crippen LogP contribution is 2.33. The van der Waals surface area contributed by atoms with E-state index in [-0.39, 0.29) is 0 Å². The zero-order chi connectivity index (χ0) is 9.26. The Morgan fingerprint density at radius 1 is 0.923 bits per heavy atom. The molecule has 0 saturated heterocycles.